The lowest BCUT2D eigenvalue weighted by Gasteiger charge is -2.25. The van der Waals surface area contributed by atoms with Gasteiger partial charge >= 0.3 is 0 Å². The average Bonchev–Trinajstić information content (AvgIpc) is 2.73. The normalized spacial score (nSPS) is 14.2. The van der Waals surface area contributed by atoms with Crippen molar-refractivity contribution in [3.05, 3.63) is 54.7 Å². The number of rotatable bonds is 9. The van der Waals surface area contributed by atoms with E-state index < -0.39 is 12.2 Å². The van der Waals surface area contributed by atoms with E-state index >= 15 is 0 Å². The van der Waals surface area contributed by atoms with Gasteiger partial charge in [0.25, 0.3) is 0 Å². The number of methoxy groups -OCH3 is 1. The van der Waals surface area contributed by atoms with Crippen molar-refractivity contribution in [2.24, 2.45) is 5.73 Å². The van der Waals surface area contributed by atoms with Crippen LogP contribution in [0, 0.1) is 0 Å². The molecule has 0 amide bonds. The van der Waals surface area contributed by atoms with Gasteiger partial charge in [0.05, 0.1) is 19.4 Å². The molecule has 3 unspecified atom stereocenters. The Morgan fingerprint density at radius 2 is 1.66 bits per heavy atom. The van der Waals surface area contributed by atoms with Crippen LogP contribution in [0.3, 0.4) is 0 Å². The van der Waals surface area contributed by atoms with Crippen LogP contribution in [0.1, 0.15) is 13.3 Å². The van der Waals surface area contributed by atoms with Gasteiger partial charge in [-0.25, -0.2) is 4.98 Å². The summed E-state index contributed by atoms with van der Waals surface area (Å²) in [6.45, 7) is 1.88. The molecular weight excluding hydrogens is 372 g/mol. The first-order valence-corrected chi connectivity index (χ1v) is 9.42. The van der Waals surface area contributed by atoms with Crippen LogP contribution >= 0.6 is 0 Å². The number of aliphatic hydroxyl groups excluding tert-OH is 1. The number of fused-ring (bicyclic) bond motifs is 1. The molecule has 0 aliphatic rings. The van der Waals surface area contributed by atoms with Gasteiger partial charge in [0.2, 0.25) is 5.88 Å². The largest absolute Gasteiger partial charge is 0.493 e. The lowest BCUT2D eigenvalue weighted by Crippen LogP contribution is -2.39. The quantitative estimate of drug-likeness (QED) is 0.509. The highest BCUT2D eigenvalue weighted by atomic mass is 16.5. The Labute approximate surface area is 169 Å². The second-order valence-corrected chi connectivity index (χ2v) is 6.85. The minimum atomic E-state index is -0.764. The lowest BCUT2D eigenvalue weighted by molar-refractivity contribution is 0.0367. The highest BCUT2D eigenvalue weighted by Gasteiger charge is 2.22. The van der Waals surface area contributed by atoms with E-state index in [0.29, 0.717) is 34.4 Å². The van der Waals surface area contributed by atoms with E-state index in [0.717, 1.165) is 0 Å². The number of benzene rings is 2. The molecule has 1 heterocycles. The molecule has 0 saturated heterocycles. The molecule has 7 nitrogen and oxygen atoms in total. The van der Waals surface area contributed by atoms with Crippen molar-refractivity contribution in [3.8, 4) is 23.1 Å². The second-order valence-electron chi connectivity index (χ2n) is 6.85. The fraction of sp³-hybridized carbons (Fsp3) is 0.318. The van der Waals surface area contributed by atoms with Crippen LogP contribution in [-0.4, -0.2) is 47.2 Å². The summed E-state index contributed by atoms with van der Waals surface area (Å²) in [6, 6.07) is 14.2. The van der Waals surface area contributed by atoms with Crippen LogP contribution in [0.15, 0.2) is 54.7 Å². The van der Waals surface area contributed by atoms with Gasteiger partial charge in [-0.15, -0.1) is 0 Å². The smallest absolute Gasteiger partial charge is 0.219 e. The van der Waals surface area contributed by atoms with Crippen LogP contribution in [0.25, 0.3) is 10.8 Å². The molecule has 7 heteroatoms. The first-order chi connectivity index (χ1) is 14.0. The topological polar surface area (TPSA) is 107 Å². The molecule has 0 bridgehead atoms. The zero-order chi connectivity index (χ0) is 20.8. The van der Waals surface area contributed by atoms with Crippen molar-refractivity contribution in [3.63, 3.8) is 0 Å². The van der Waals surface area contributed by atoms with Gasteiger partial charge in [-0.2, -0.15) is 0 Å². The van der Waals surface area contributed by atoms with Crippen LogP contribution in [0.4, 0.5) is 0 Å². The van der Waals surface area contributed by atoms with Crippen LogP contribution in [0.5, 0.6) is 23.1 Å². The number of ether oxygens (including phenoxy) is 3. The Morgan fingerprint density at radius 1 is 1.00 bits per heavy atom. The van der Waals surface area contributed by atoms with Crippen molar-refractivity contribution in [2.45, 2.75) is 31.6 Å². The molecule has 0 spiro atoms. The maximum absolute atomic E-state index is 10.2. The minimum Gasteiger partial charge on any atom is -0.493 e. The fourth-order valence-corrected chi connectivity index (χ4v) is 3.05. The summed E-state index contributed by atoms with van der Waals surface area (Å²) in [4.78, 5) is 3.97. The summed E-state index contributed by atoms with van der Waals surface area (Å²) in [5.41, 5.74) is 6.23. The molecular formula is C22H26N2O5. The van der Waals surface area contributed by atoms with Gasteiger partial charge in [-0.3, -0.25) is 0 Å². The number of aromatic hydroxyl groups is 1. The Balaban J connectivity index is 1.68. The summed E-state index contributed by atoms with van der Waals surface area (Å²) in [5.74, 6) is 1.64. The van der Waals surface area contributed by atoms with Crippen LogP contribution in [0.2, 0.25) is 0 Å². The molecule has 3 rings (SSSR count). The number of hydrogen-bond acceptors (Lipinski definition) is 7. The van der Waals surface area contributed by atoms with Gasteiger partial charge in [0, 0.05) is 23.2 Å². The molecule has 4 N–H and O–H groups in total. The summed E-state index contributed by atoms with van der Waals surface area (Å²) in [6.07, 6.45) is 0.479. The van der Waals surface area contributed by atoms with E-state index in [1.807, 2.05) is 42.5 Å². The van der Waals surface area contributed by atoms with Crippen molar-refractivity contribution in [1.29, 1.82) is 0 Å². The Bertz CT molecular complexity index is 947. The predicted molar refractivity (Wildman–Crippen MR) is 111 cm³/mol. The van der Waals surface area contributed by atoms with E-state index in [-0.39, 0.29) is 18.5 Å². The molecule has 1 aromatic heterocycles. The van der Waals surface area contributed by atoms with Crippen molar-refractivity contribution < 1.29 is 24.4 Å². The van der Waals surface area contributed by atoms with Crippen LogP contribution < -0.4 is 19.9 Å². The van der Waals surface area contributed by atoms with Gasteiger partial charge in [-0.1, -0.05) is 30.3 Å². The Kier molecular flexibility index (Phi) is 6.74. The van der Waals surface area contributed by atoms with Gasteiger partial charge in [0.1, 0.15) is 18.5 Å². The summed E-state index contributed by atoms with van der Waals surface area (Å²) in [7, 11) is 1.58. The van der Waals surface area contributed by atoms with Gasteiger partial charge < -0.3 is 30.2 Å². The number of aromatic nitrogens is 1. The van der Waals surface area contributed by atoms with Crippen molar-refractivity contribution in [1.82, 2.24) is 4.98 Å². The first kappa shape index (κ1) is 20.7. The average molecular weight is 398 g/mol. The van der Waals surface area contributed by atoms with E-state index in [1.165, 1.54) is 6.20 Å². The van der Waals surface area contributed by atoms with Crippen molar-refractivity contribution in [2.75, 3.05) is 13.7 Å². The minimum absolute atomic E-state index is 0.0662. The zero-order valence-electron chi connectivity index (χ0n) is 16.5. The van der Waals surface area contributed by atoms with E-state index in [1.54, 1.807) is 20.1 Å². The molecule has 0 saturated carbocycles. The van der Waals surface area contributed by atoms with E-state index in [4.69, 9.17) is 19.9 Å². The Hall–Kier alpha value is -3.03. The monoisotopic (exact) mass is 398 g/mol. The van der Waals surface area contributed by atoms with E-state index in [2.05, 4.69) is 4.98 Å². The summed E-state index contributed by atoms with van der Waals surface area (Å²) >= 11 is 0. The lowest BCUT2D eigenvalue weighted by atomic mass is 10.1. The number of aliphatic hydroxyl groups is 1. The molecule has 0 radical (unpaired) electrons. The summed E-state index contributed by atoms with van der Waals surface area (Å²) < 4.78 is 17.1. The third-order valence-electron chi connectivity index (χ3n) is 4.61. The number of nitrogens with two attached hydrogens (primary N) is 1. The highest BCUT2D eigenvalue weighted by Crippen LogP contribution is 2.31. The van der Waals surface area contributed by atoms with Crippen LogP contribution in [-0.2, 0) is 0 Å². The number of pyridine rings is 1. The highest BCUT2D eigenvalue weighted by molar-refractivity contribution is 5.91. The Morgan fingerprint density at radius 3 is 2.34 bits per heavy atom. The maximum atomic E-state index is 10.2. The number of hydrogen-bond donors (Lipinski definition) is 3. The maximum Gasteiger partial charge on any atom is 0.219 e. The van der Waals surface area contributed by atoms with Gasteiger partial charge in [0.15, 0.2) is 11.5 Å². The third kappa shape index (κ3) is 5.07. The zero-order valence-corrected chi connectivity index (χ0v) is 16.5. The van der Waals surface area contributed by atoms with Crippen molar-refractivity contribution >= 4 is 10.8 Å². The SMILES string of the molecule is COc1ccccc1OCC(N)CC(Oc1cnc(O)c2ccccc12)C(C)O. The molecule has 0 aliphatic carbocycles. The molecule has 3 atom stereocenters. The molecule has 2 aromatic carbocycles. The first-order valence-electron chi connectivity index (χ1n) is 9.42. The van der Waals surface area contributed by atoms with Gasteiger partial charge in [-0.05, 0) is 25.1 Å². The van der Waals surface area contributed by atoms with E-state index in [9.17, 15) is 10.2 Å². The third-order valence-corrected chi connectivity index (χ3v) is 4.61. The molecule has 0 aliphatic heterocycles. The fourth-order valence-electron chi connectivity index (χ4n) is 3.05. The molecule has 29 heavy (non-hydrogen) atoms. The standard InChI is InChI=1S/C22H26N2O5/c1-14(25)20(11-15(23)13-28-19-10-6-5-9-18(19)27-2)29-21-12-24-22(26)17-8-4-3-7-16(17)21/h3-10,12,14-15,20,25H,11,13,23H2,1-2H3,(H,24,26). The molecule has 3 aromatic rings. The molecule has 0 fully saturated rings. The predicted octanol–water partition coefficient (Wildman–Crippen LogP) is 2.87. The second kappa shape index (κ2) is 9.45. The molecule has 154 valence electrons. The summed E-state index contributed by atoms with van der Waals surface area (Å²) in [5, 5.41) is 21.4. The number of nitrogens with zero attached hydrogens (tertiary/aromatic N) is 1. The number of para-hydroxylation sites is 2.